The molecule has 0 saturated carbocycles. The topological polar surface area (TPSA) is 80.5 Å². The Morgan fingerprint density at radius 2 is 1.96 bits per heavy atom. The van der Waals surface area contributed by atoms with Gasteiger partial charge in [0.1, 0.15) is 5.75 Å². The van der Waals surface area contributed by atoms with Crippen molar-refractivity contribution in [2.75, 3.05) is 19.0 Å². The maximum atomic E-state index is 11.9. The van der Waals surface area contributed by atoms with Crippen LogP contribution < -0.4 is 15.5 Å². The molecular weight excluding hydrogens is 342 g/mol. The van der Waals surface area contributed by atoms with Crippen molar-refractivity contribution in [3.63, 3.8) is 0 Å². The van der Waals surface area contributed by atoms with Crippen LogP contribution in [0.2, 0.25) is 0 Å². The zero-order chi connectivity index (χ0) is 18.9. The fourth-order valence-electron chi connectivity index (χ4n) is 2.49. The van der Waals surface area contributed by atoms with Crippen molar-refractivity contribution in [2.45, 2.75) is 6.54 Å². The summed E-state index contributed by atoms with van der Waals surface area (Å²) in [5.41, 5.74) is 5.21. The van der Waals surface area contributed by atoms with Gasteiger partial charge in [-0.05, 0) is 17.7 Å². The van der Waals surface area contributed by atoms with Crippen LogP contribution in [-0.4, -0.2) is 35.6 Å². The quantitative estimate of drug-likeness (QED) is 0.476. The number of benzene rings is 2. The van der Waals surface area contributed by atoms with E-state index in [9.17, 15) is 4.79 Å². The Hall–Kier alpha value is -3.61. The Labute approximate surface area is 157 Å². The summed E-state index contributed by atoms with van der Waals surface area (Å²) in [6, 6.07) is 17.5. The van der Waals surface area contributed by atoms with Gasteiger partial charge in [-0.25, -0.2) is 5.43 Å². The summed E-state index contributed by atoms with van der Waals surface area (Å²) in [4.78, 5) is 11.9. The number of hydrogen-bond acceptors (Lipinski definition) is 5. The third kappa shape index (κ3) is 5.43. The molecule has 1 amide bonds. The second-order valence-corrected chi connectivity index (χ2v) is 5.80. The molecule has 7 heteroatoms. The van der Waals surface area contributed by atoms with Crippen LogP contribution in [0.3, 0.4) is 0 Å². The molecule has 1 aromatic heterocycles. The lowest BCUT2D eigenvalue weighted by molar-refractivity contribution is -0.119. The minimum absolute atomic E-state index is 0.0883. The first-order valence-corrected chi connectivity index (χ1v) is 8.50. The molecule has 0 aliphatic rings. The lowest BCUT2D eigenvalue weighted by Gasteiger charge is -2.09. The number of amides is 1. The van der Waals surface area contributed by atoms with E-state index in [1.807, 2.05) is 65.5 Å². The van der Waals surface area contributed by atoms with Crippen LogP contribution in [0.25, 0.3) is 0 Å². The van der Waals surface area contributed by atoms with Gasteiger partial charge in [-0.15, -0.1) is 0 Å². The number of ether oxygens (including phenoxy) is 1. The van der Waals surface area contributed by atoms with Crippen molar-refractivity contribution in [2.24, 2.45) is 5.10 Å². The predicted molar refractivity (Wildman–Crippen MR) is 105 cm³/mol. The zero-order valence-electron chi connectivity index (χ0n) is 15.0. The summed E-state index contributed by atoms with van der Waals surface area (Å²) >= 11 is 0. The summed E-state index contributed by atoms with van der Waals surface area (Å²) in [6.07, 6.45) is 5.14. The molecule has 0 radical (unpaired) electrons. The van der Waals surface area contributed by atoms with E-state index in [2.05, 4.69) is 20.9 Å². The van der Waals surface area contributed by atoms with E-state index in [0.29, 0.717) is 12.3 Å². The summed E-state index contributed by atoms with van der Waals surface area (Å²) in [5, 5.41) is 11.3. The average Bonchev–Trinajstić information content (AvgIpc) is 3.14. The maximum Gasteiger partial charge on any atom is 0.259 e. The van der Waals surface area contributed by atoms with Crippen molar-refractivity contribution in [1.82, 2.24) is 15.2 Å². The molecule has 0 unspecified atom stereocenters. The summed E-state index contributed by atoms with van der Waals surface area (Å²) < 4.78 is 7.05. The molecule has 0 atom stereocenters. The van der Waals surface area contributed by atoms with Gasteiger partial charge < -0.3 is 10.1 Å². The number of hydrazone groups is 1. The fraction of sp³-hybridized carbons (Fsp3) is 0.150. The number of carbonyl (C=O) groups is 1. The van der Waals surface area contributed by atoms with E-state index >= 15 is 0 Å². The van der Waals surface area contributed by atoms with E-state index in [-0.39, 0.29) is 12.5 Å². The monoisotopic (exact) mass is 363 g/mol. The first-order valence-electron chi connectivity index (χ1n) is 8.50. The van der Waals surface area contributed by atoms with E-state index in [1.165, 1.54) is 5.56 Å². The van der Waals surface area contributed by atoms with Gasteiger partial charge in [-0.3, -0.25) is 9.48 Å². The van der Waals surface area contributed by atoms with Crippen LogP contribution in [0.4, 0.5) is 5.69 Å². The number of nitrogens with zero attached hydrogens (tertiary/aromatic N) is 3. The van der Waals surface area contributed by atoms with Gasteiger partial charge in [0.2, 0.25) is 0 Å². The molecule has 27 heavy (non-hydrogen) atoms. The maximum absolute atomic E-state index is 11.9. The first-order chi connectivity index (χ1) is 13.2. The van der Waals surface area contributed by atoms with Crippen LogP contribution in [0.1, 0.15) is 11.1 Å². The number of anilines is 1. The molecule has 0 aliphatic carbocycles. The highest BCUT2D eigenvalue weighted by Crippen LogP contribution is 2.22. The number of methoxy groups -OCH3 is 1. The van der Waals surface area contributed by atoms with Crippen molar-refractivity contribution in [3.8, 4) is 5.75 Å². The lowest BCUT2D eigenvalue weighted by Crippen LogP contribution is -2.26. The lowest BCUT2D eigenvalue weighted by atomic mass is 10.2. The Morgan fingerprint density at radius 1 is 1.19 bits per heavy atom. The number of carbonyl (C=O) groups excluding carboxylic acids is 1. The highest BCUT2D eigenvalue weighted by atomic mass is 16.5. The highest BCUT2D eigenvalue weighted by molar-refractivity contribution is 5.84. The normalized spacial score (nSPS) is 10.7. The predicted octanol–water partition coefficient (Wildman–Crippen LogP) is 2.50. The SMILES string of the molecule is COc1ccccc1NCC(=O)N/N=C\c1cnn(Cc2ccccc2)c1. The van der Waals surface area contributed by atoms with Gasteiger partial charge in [0, 0.05) is 11.8 Å². The van der Waals surface area contributed by atoms with Gasteiger partial charge in [0.25, 0.3) is 5.91 Å². The second kappa shape index (κ2) is 9.19. The minimum Gasteiger partial charge on any atom is -0.495 e. The number of rotatable bonds is 8. The summed E-state index contributed by atoms with van der Waals surface area (Å²) in [5.74, 6) is 0.425. The Morgan fingerprint density at radius 3 is 2.78 bits per heavy atom. The summed E-state index contributed by atoms with van der Waals surface area (Å²) in [6.45, 7) is 0.773. The number of para-hydroxylation sites is 2. The average molecular weight is 363 g/mol. The molecule has 3 aromatic rings. The van der Waals surface area contributed by atoms with Crippen molar-refractivity contribution in [1.29, 1.82) is 0 Å². The third-order valence-electron chi connectivity index (χ3n) is 3.79. The van der Waals surface area contributed by atoms with E-state index < -0.39 is 0 Å². The Kier molecular flexibility index (Phi) is 6.19. The molecule has 7 nitrogen and oxygen atoms in total. The molecule has 0 saturated heterocycles. The molecule has 2 aromatic carbocycles. The third-order valence-corrected chi connectivity index (χ3v) is 3.79. The first kappa shape index (κ1) is 18.2. The largest absolute Gasteiger partial charge is 0.495 e. The van der Waals surface area contributed by atoms with E-state index in [4.69, 9.17) is 4.74 Å². The molecule has 3 rings (SSSR count). The van der Waals surface area contributed by atoms with Crippen LogP contribution in [0, 0.1) is 0 Å². The molecule has 0 fully saturated rings. The molecule has 0 spiro atoms. The van der Waals surface area contributed by atoms with Crippen LogP contribution in [0.5, 0.6) is 5.75 Å². The highest BCUT2D eigenvalue weighted by Gasteiger charge is 2.04. The van der Waals surface area contributed by atoms with Crippen molar-refractivity contribution >= 4 is 17.8 Å². The van der Waals surface area contributed by atoms with Gasteiger partial charge >= 0.3 is 0 Å². The van der Waals surface area contributed by atoms with Gasteiger partial charge in [0.05, 0.1) is 38.3 Å². The molecule has 138 valence electrons. The van der Waals surface area contributed by atoms with Gasteiger partial charge in [0.15, 0.2) is 0 Å². The standard InChI is InChI=1S/C20H21N5O2/c1-27-19-10-6-5-9-18(19)21-13-20(26)24-22-11-17-12-23-25(15-17)14-16-7-3-2-4-8-16/h2-12,15,21H,13-14H2,1H3,(H,24,26)/b22-11-. The molecule has 0 bridgehead atoms. The zero-order valence-corrected chi connectivity index (χ0v) is 15.0. The molecule has 1 heterocycles. The van der Waals surface area contributed by atoms with Crippen LogP contribution >= 0.6 is 0 Å². The van der Waals surface area contributed by atoms with Crippen LogP contribution in [-0.2, 0) is 11.3 Å². The fourth-order valence-corrected chi connectivity index (χ4v) is 2.49. The second-order valence-electron chi connectivity index (χ2n) is 5.80. The number of aromatic nitrogens is 2. The van der Waals surface area contributed by atoms with Crippen molar-refractivity contribution < 1.29 is 9.53 Å². The smallest absolute Gasteiger partial charge is 0.259 e. The number of hydrogen-bond donors (Lipinski definition) is 2. The molecule has 0 aliphatic heterocycles. The minimum atomic E-state index is -0.256. The van der Waals surface area contributed by atoms with Crippen LogP contribution in [0.15, 0.2) is 72.1 Å². The summed E-state index contributed by atoms with van der Waals surface area (Å²) in [7, 11) is 1.59. The van der Waals surface area contributed by atoms with E-state index in [0.717, 1.165) is 11.3 Å². The molecule has 2 N–H and O–H groups in total. The molecular formula is C20H21N5O2. The van der Waals surface area contributed by atoms with Crippen molar-refractivity contribution in [3.05, 3.63) is 78.1 Å². The Balaban J connectivity index is 1.47. The van der Waals surface area contributed by atoms with Gasteiger partial charge in [-0.2, -0.15) is 10.2 Å². The Bertz CT molecular complexity index is 906. The van der Waals surface area contributed by atoms with E-state index in [1.54, 1.807) is 19.5 Å². The number of nitrogens with one attached hydrogen (secondary N) is 2. The van der Waals surface area contributed by atoms with Gasteiger partial charge in [-0.1, -0.05) is 42.5 Å².